The van der Waals surface area contributed by atoms with Crippen LogP contribution in [0.1, 0.15) is 21.5 Å². The number of carbonyl (C=O) groups is 1. The van der Waals surface area contributed by atoms with Gasteiger partial charge < -0.3 is 5.32 Å². The predicted molar refractivity (Wildman–Crippen MR) is 115 cm³/mol. The van der Waals surface area contributed by atoms with Crippen molar-refractivity contribution >= 4 is 43.2 Å². The van der Waals surface area contributed by atoms with Crippen LogP contribution in [0.3, 0.4) is 0 Å². The Hall–Kier alpha value is -2.71. The zero-order valence-electron chi connectivity index (χ0n) is 15.7. The molecule has 3 rings (SSSR count). The van der Waals surface area contributed by atoms with Crippen molar-refractivity contribution in [1.29, 1.82) is 0 Å². The Balaban J connectivity index is 1.91. The molecule has 0 spiro atoms. The van der Waals surface area contributed by atoms with Gasteiger partial charge in [0.15, 0.2) is 0 Å². The van der Waals surface area contributed by atoms with Crippen molar-refractivity contribution in [3.8, 4) is 0 Å². The average Bonchev–Trinajstić information content (AvgIpc) is 2.66. The van der Waals surface area contributed by atoms with Crippen molar-refractivity contribution < 1.29 is 17.6 Å². The Kier molecular flexibility index (Phi) is 6.04. The summed E-state index contributed by atoms with van der Waals surface area (Å²) in [5.74, 6) is -1.20. The summed E-state index contributed by atoms with van der Waals surface area (Å²) in [6, 6.07) is 15.5. The molecule has 3 aromatic rings. The van der Waals surface area contributed by atoms with Gasteiger partial charge in [0.2, 0.25) is 0 Å². The smallest absolute Gasteiger partial charge is 0.261 e. The molecular formula is C21H18BrFN2O3S. The minimum absolute atomic E-state index is 0.00361. The largest absolute Gasteiger partial charge is 0.319 e. The summed E-state index contributed by atoms with van der Waals surface area (Å²) in [5, 5.41) is 2.48. The maximum Gasteiger partial charge on any atom is 0.261 e. The highest BCUT2D eigenvalue weighted by molar-refractivity contribution is 9.10. The lowest BCUT2D eigenvalue weighted by atomic mass is 10.1. The highest BCUT2D eigenvalue weighted by Gasteiger charge is 2.19. The SMILES string of the molecule is Cc1ccccc1NS(=O)(=O)c1ccc(C)c(C(=O)Nc2ccc(Br)cc2F)c1. The van der Waals surface area contributed by atoms with Crippen LogP contribution < -0.4 is 10.0 Å². The topological polar surface area (TPSA) is 75.3 Å². The number of amides is 1. The summed E-state index contributed by atoms with van der Waals surface area (Å²) in [7, 11) is -3.91. The fraction of sp³-hybridized carbons (Fsp3) is 0.0952. The number of anilines is 2. The molecule has 0 heterocycles. The Morgan fingerprint density at radius 1 is 0.931 bits per heavy atom. The molecule has 1 amide bonds. The minimum Gasteiger partial charge on any atom is -0.319 e. The Bertz CT molecular complexity index is 1200. The standard InChI is InChI=1S/C21H18BrFN2O3S/c1-13-7-9-16(29(27,28)25-19-6-4-3-5-14(19)2)12-17(13)21(26)24-20-10-8-15(22)11-18(20)23/h3-12,25H,1-2H3,(H,24,26). The zero-order valence-corrected chi connectivity index (χ0v) is 18.1. The Morgan fingerprint density at radius 2 is 1.66 bits per heavy atom. The second-order valence-electron chi connectivity index (χ2n) is 6.48. The second kappa shape index (κ2) is 8.34. The lowest BCUT2D eigenvalue weighted by Gasteiger charge is -2.13. The lowest BCUT2D eigenvalue weighted by molar-refractivity contribution is 0.102. The molecule has 3 aromatic carbocycles. The van der Waals surface area contributed by atoms with Crippen molar-refractivity contribution in [1.82, 2.24) is 0 Å². The number of benzene rings is 3. The first kappa shape index (κ1) is 21.0. The fourth-order valence-corrected chi connectivity index (χ4v) is 4.17. The van der Waals surface area contributed by atoms with Gasteiger partial charge >= 0.3 is 0 Å². The van der Waals surface area contributed by atoms with Crippen LogP contribution in [0.5, 0.6) is 0 Å². The number of halogens is 2. The molecule has 0 bridgehead atoms. The first-order valence-corrected chi connectivity index (χ1v) is 10.9. The summed E-state index contributed by atoms with van der Waals surface area (Å²) < 4.78 is 42.7. The maximum atomic E-state index is 14.0. The summed E-state index contributed by atoms with van der Waals surface area (Å²) in [5.41, 5.74) is 1.93. The molecule has 0 saturated carbocycles. The molecule has 0 radical (unpaired) electrons. The highest BCUT2D eigenvalue weighted by atomic mass is 79.9. The molecule has 0 aliphatic rings. The number of rotatable bonds is 5. The van der Waals surface area contributed by atoms with E-state index in [0.29, 0.717) is 15.7 Å². The number of nitrogens with one attached hydrogen (secondary N) is 2. The summed E-state index contributed by atoms with van der Waals surface area (Å²) in [6.07, 6.45) is 0. The summed E-state index contributed by atoms with van der Waals surface area (Å²) >= 11 is 3.16. The zero-order chi connectivity index (χ0) is 21.2. The molecule has 8 heteroatoms. The second-order valence-corrected chi connectivity index (χ2v) is 9.07. The molecule has 0 atom stereocenters. The molecular weight excluding hydrogens is 459 g/mol. The third kappa shape index (κ3) is 4.83. The normalized spacial score (nSPS) is 11.2. The van der Waals surface area contributed by atoms with Gasteiger partial charge in [-0.1, -0.05) is 40.2 Å². The summed E-state index contributed by atoms with van der Waals surface area (Å²) in [6.45, 7) is 3.47. The molecule has 0 saturated heterocycles. The van der Waals surface area contributed by atoms with Crippen LogP contribution in [0.15, 0.2) is 70.0 Å². The minimum atomic E-state index is -3.91. The number of hydrogen-bond donors (Lipinski definition) is 2. The van der Waals surface area contributed by atoms with Crippen molar-refractivity contribution in [3.63, 3.8) is 0 Å². The Morgan fingerprint density at radius 3 is 2.34 bits per heavy atom. The van der Waals surface area contributed by atoms with Crippen LogP contribution in [0.2, 0.25) is 0 Å². The van der Waals surface area contributed by atoms with Crippen molar-refractivity contribution in [2.24, 2.45) is 0 Å². The first-order valence-electron chi connectivity index (χ1n) is 8.63. The van der Waals surface area contributed by atoms with E-state index in [9.17, 15) is 17.6 Å². The van der Waals surface area contributed by atoms with E-state index >= 15 is 0 Å². The van der Waals surface area contributed by atoms with E-state index in [-0.39, 0.29) is 16.1 Å². The van der Waals surface area contributed by atoms with Crippen LogP contribution in [0.25, 0.3) is 0 Å². The predicted octanol–water partition coefficient (Wildman–Crippen LogP) is 5.26. The van der Waals surface area contributed by atoms with E-state index in [1.807, 2.05) is 6.07 Å². The number of carbonyl (C=O) groups excluding carboxylic acids is 1. The van der Waals surface area contributed by atoms with E-state index in [4.69, 9.17) is 0 Å². The molecule has 5 nitrogen and oxygen atoms in total. The van der Waals surface area contributed by atoms with Gasteiger partial charge in [-0.15, -0.1) is 0 Å². The third-order valence-electron chi connectivity index (χ3n) is 4.33. The molecule has 2 N–H and O–H groups in total. The molecule has 0 aliphatic carbocycles. The van der Waals surface area contributed by atoms with Crippen LogP contribution >= 0.6 is 15.9 Å². The van der Waals surface area contributed by atoms with Gasteiger partial charge in [-0.05, 0) is 61.4 Å². The lowest BCUT2D eigenvalue weighted by Crippen LogP contribution is -2.17. The number of sulfonamides is 1. The van der Waals surface area contributed by atoms with Gasteiger partial charge in [0, 0.05) is 10.0 Å². The van der Waals surface area contributed by atoms with Crippen LogP contribution in [0, 0.1) is 19.7 Å². The molecule has 0 aromatic heterocycles. The van der Waals surface area contributed by atoms with Gasteiger partial charge in [0.25, 0.3) is 15.9 Å². The maximum absolute atomic E-state index is 14.0. The molecule has 0 aliphatic heterocycles. The number of aryl methyl sites for hydroxylation is 2. The van der Waals surface area contributed by atoms with Gasteiger partial charge in [0.05, 0.1) is 16.3 Å². The first-order chi connectivity index (χ1) is 13.7. The van der Waals surface area contributed by atoms with Gasteiger partial charge in [-0.3, -0.25) is 9.52 Å². The van der Waals surface area contributed by atoms with Crippen molar-refractivity contribution in [3.05, 3.63) is 87.6 Å². The third-order valence-corrected chi connectivity index (χ3v) is 6.19. The summed E-state index contributed by atoms with van der Waals surface area (Å²) in [4.78, 5) is 12.6. The monoisotopic (exact) mass is 476 g/mol. The van der Waals surface area contributed by atoms with E-state index < -0.39 is 21.7 Å². The van der Waals surface area contributed by atoms with Crippen molar-refractivity contribution in [2.45, 2.75) is 18.7 Å². The van der Waals surface area contributed by atoms with Gasteiger partial charge in [-0.25, -0.2) is 12.8 Å². The molecule has 29 heavy (non-hydrogen) atoms. The fourth-order valence-electron chi connectivity index (χ4n) is 2.68. The van der Waals surface area contributed by atoms with E-state index in [0.717, 1.165) is 5.56 Å². The molecule has 0 unspecified atom stereocenters. The van der Waals surface area contributed by atoms with Crippen molar-refractivity contribution in [2.75, 3.05) is 10.0 Å². The van der Waals surface area contributed by atoms with Gasteiger partial charge in [0.1, 0.15) is 5.82 Å². The van der Waals surface area contributed by atoms with E-state index in [2.05, 4.69) is 26.0 Å². The van der Waals surface area contributed by atoms with E-state index in [1.165, 1.54) is 24.3 Å². The van der Waals surface area contributed by atoms with Gasteiger partial charge in [-0.2, -0.15) is 0 Å². The van der Waals surface area contributed by atoms with E-state index in [1.54, 1.807) is 44.2 Å². The van der Waals surface area contributed by atoms with Crippen LogP contribution in [-0.4, -0.2) is 14.3 Å². The Labute approximate surface area is 177 Å². The number of hydrogen-bond acceptors (Lipinski definition) is 3. The number of para-hydroxylation sites is 1. The quantitative estimate of drug-likeness (QED) is 0.527. The van der Waals surface area contributed by atoms with Crippen LogP contribution in [-0.2, 0) is 10.0 Å². The molecule has 150 valence electrons. The highest BCUT2D eigenvalue weighted by Crippen LogP contribution is 2.24. The average molecular weight is 477 g/mol. The molecule has 0 fully saturated rings. The van der Waals surface area contributed by atoms with Crippen LogP contribution in [0.4, 0.5) is 15.8 Å².